The Hall–Kier alpha value is -1.92. The van der Waals surface area contributed by atoms with Gasteiger partial charge < -0.3 is 20.1 Å². The van der Waals surface area contributed by atoms with E-state index in [4.69, 9.17) is 9.47 Å². The number of benzene rings is 1. The number of carbonyl (C=O) groups excluding carboxylic acids is 2. The summed E-state index contributed by atoms with van der Waals surface area (Å²) in [4.78, 5) is 23.3. The lowest BCUT2D eigenvalue weighted by molar-refractivity contribution is -0.126. The zero-order chi connectivity index (χ0) is 16.4. The largest absolute Gasteiger partial charge is 0.382 e. The molecule has 0 saturated carbocycles. The first-order valence-electron chi connectivity index (χ1n) is 7.23. The predicted molar refractivity (Wildman–Crippen MR) is 84.0 cm³/mol. The number of rotatable bonds is 9. The molecular formula is C16H24N2O4. The highest BCUT2D eigenvalue weighted by Gasteiger charge is 2.06. The number of nitrogens with one attached hydrogen (secondary N) is 2. The van der Waals surface area contributed by atoms with Crippen LogP contribution in [-0.4, -0.2) is 51.8 Å². The van der Waals surface area contributed by atoms with Gasteiger partial charge in [-0.25, -0.2) is 0 Å². The van der Waals surface area contributed by atoms with Crippen LogP contribution in [0.3, 0.4) is 0 Å². The number of hydrogen-bond donors (Lipinski definition) is 2. The van der Waals surface area contributed by atoms with E-state index in [2.05, 4.69) is 10.6 Å². The summed E-state index contributed by atoms with van der Waals surface area (Å²) in [6.07, 6.45) is 0. The highest BCUT2D eigenvalue weighted by molar-refractivity contribution is 5.94. The van der Waals surface area contributed by atoms with Gasteiger partial charge >= 0.3 is 0 Å². The Morgan fingerprint density at radius 3 is 2.45 bits per heavy atom. The van der Waals surface area contributed by atoms with Crippen LogP contribution in [-0.2, 0) is 14.3 Å². The normalized spacial score (nSPS) is 10.3. The van der Waals surface area contributed by atoms with Gasteiger partial charge in [0, 0.05) is 25.8 Å². The highest BCUT2D eigenvalue weighted by atomic mass is 16.5. The SMILES string of the molecule is COCCOCC(=O)NCCNC(=O)c1ccc(C)c(C)c1. The van der Waals surface area contributed by atoms with Crippen molar-refractivity contribution in [1.29, 1.82) is 0 Å². The summed E-state index contributed by atoms with van der Waals surface area (Å²) in [5.41, 5.74) is 2.85. The molecule has 2 N–H and O–H groups in total. The molecule has 122 valence electrons. The van der Waals surface area contributed by atoms with Gasteiger partial charge in [0.1, 0.15) is 6.61 Å². The van der Waals surface area contributed by atoms with E-state index in [0.29, 0.717) is 31.9 Å². The van der Waals surface area contributed by atoms with Crippen molar-refractivity contribution < 1.29 is 19.1 Å². The van der Waals surface area contributed by atoms with Crippen LogP contribution in [0.2, 0.25) is 0 Å². The van der Waals surface area contributed by atoms with E-state index in [0.717, 1.165) is 11.1 Å². The van der Waals surface area contributed by atoms with Crippen molar-refractivity contribution in [3.8, 4) is 0 Å². The highest BCUT2D eigenvalue weighted by Crippen LogP contribution is 2.09. The molecule has 1 aromatic rings. The predicted octanol–water partition coefficient (Wildman–Crippen LogP) is 0.812. The minimum Gasteiger partial charge on any atom is -0.382 e. The lowest BCUT2D eigenvalue weighted by Gasteiger charge is -2.08. The van der Waals surface area contributed by atoms with Gasteiger partial charge in [-0.05, 0) is 37.1 Å². The molecule has 6 nitrogen and oxygen atoms in total. The summed E-state index contributed by atoms with van der Waals surface area (Å²) in [5.74, 6) is -0.356. The summed E-state index contributed by atoms with van der Waals surface area (Å²) in [6.45, 7) is 5.54. The molecule has 1 aromatic carbocycles. The monoisotopic (exact) mass is 308 g/mol. The smallest absolute Gasteiger partial charge is 0.251 e. The van der Waals surface area contributed by atoms with E-state index >= 15 is 0 Å². The summed E-state index contributed by atoms with van der Waals surface area (Å²) >= 11 is 0. The topological polar surface area (TPSA) is 76.7 Å². The van der Waals surface area contributed by atoms with Crippen LogP contribution < -0.4 is 10.6 Å². The molecule has 1 rings (SSSR count). The number of amides is 2. The second-order valence-corrected chi connectivity index (χ2v) is 4.95. The van der Waals surface area contributed by atoms with Gasteiger partial charge in [0.25, 0.3) is 5.91 Å². The maximum Gasteiger partial charge on any atom is 0.251 e. The fraction of sp³-hybridized carbons (Fsp3) is 0.500. The van der Waals surface area contributed by atoms with Crippen molar-refractivity contribution in [3.05, 3.63) is 34.9 Å². The molecule has 6 heteroatoms. The molecule has 0 aromatic heterocycles. The standard InChI is InChI=1S/C16H24N2O4/c1-12-4-5-14(10-13(12)2)16(20)18-7-6-17-15(19)11-22-9-8-21-3/h4-5,10H,6-9,11H2,1-3H3,(H,17,19)(H,18,20). The number of aryl methyl sites for hydroxylation is 2. The summed E-state index contributed by atoms with van der Waals surface area (Å²) < 4.78 is 9.89. The van der Waals surface area contributed by atoms with E-state index in [-0.39, 0.29) is 18.4 Å². The van der Waals surface area contributed by atoms with Crippen LogP contribution in [0, 0.1) is 13.8 Å². The van der Waals surface area contributed by atoms with Crippen LogP contribution in [0.1, 0.15) is 21.5 Å². The van der Waals surface area contributed by atoms with Gasteiger partial charge in [-0.15, -0.1) is 0 Å². The lowest BCUT2D eigenvalue weighted by Crippen LogP contribution is -2.36. The Morgan fingerprint density at radius 1 is 1.05 bits per heavy atom. The fourth-order valence-electron chi connectivity index (χ4n) is 1.72. The molecule has 0 aliphatic carbocycles. The first-order valence-corrected chi connectivity index (χ1v) is 7.23. The average Bonchev–Trinajstić information content (AvgIpc) is 2.50. The third-order valence-corrected chi connectivity index (χ3v) is 3.17. The van der Waals surface area contributed by atoms with Crippen molar-refractivity contribution in [2.45, 2.75) is 13.8 Å². The zero-order valence-electron chi connectivity index (χ0n) is 13.4. The van der Waals surface area contributed by atoms with Crippen molar-refractivity contribution in [3.63, 3.8) is 0 Å². The Labute approximate surface area is 131 Å². The third kappa shape index (κ3) is 6.69. The van der Waals surface area contributed by atoms with Crippen molar-refractivity contribution in [2.24, 2.45) is 0 Å². The van der Waals surface area contributed by atoms with Crippen molar-refractivity contribution >= 4 is 11.8 Å². The maximum absolute atomic E-state index is 11.9. The van der Waals surface area contributed by atoms with E-state index in [9.17, 15) is 9.59 Å². The molecule has 0 unspecified atom stereocenters. The molecular weight excluding hydrogens is 284 g/mol. The van der Waals surface area contributed by atoms with E-state index < -0.39 is 0 Å². The maximum atomic E-state index is 11.9. The molecule has 0 heterocycles. The van der Waals surface area contributed by atoms with Crippen LogP contribution in [0.5, 0.6) is 0 Å². The fourth-order valence-corrected chi connectivity index (χ4v) is 1.72. The Kier molecular flexibility index (Phi) is 8.17. The van der Waals surface area contributed by atoms with E-state index in [1.54, 1.807) is 13.2 Å². The second-order valence-electron chi connectivity index (χ2n) is 4.95. The third-order valence-electron chi connectivity index (χ3n) is 3.17. The Bertz CT molecular complexity index is 503. The summed E-state index contributed by atoms with van der Waals surface area (Å²) in [7, 11) is 1.57. The van der Waals surface area contributed by atoms with E-state index in [1.165, 1.54) is 0 Å². The second kappa shape index (κ2) is 9.92. The molecule has 0 spiro atoms. The molecule has 0 aliphatic rings. The molecule has 22 heavy (non-hydrogen) atoms. The lowest BCUT2D eigenvalue weighted by atomic mass is 10.1. The minimum absolute atomic E-state index is 0.00549. The van der Waals surface area contributed by atoms with Crippen molar-refractivity contribution in [1.82, 2.24) is 10.6 Å². The number of hydrogen-bond acceptors (Lipinski definition) is 4. The molecule has 0 atom stereocenters. The van der Waals surface area contributed by atoms with Crippen LogP contribution in [0.25, 0.3) is 0 Å². The number of ether oxygens (including phenoxy) is 2. The van der Waals surface area contributed by atoms with Gasteiger partial charge in [0.15, 0.2) is 0 Å². The van der Waals surface area contributed by atoms with Crippen LogP contribution in [0.15, 0.2) is 18.2 Å². The molecule has 0 bridgehead atoms. The first kappa shape index (κ1) is 18.1. The molecule has 0 fully saturated rings. The molecule has 0 saturated heterocycles. The van der Waals surface area contributed by atoms with Crippen LogP contribution >= 0.6 is 0 Å². The molecule has 0 radical (unpaired) electrons. The number of carbonyl (C=O) groups is 2. The summed E-state index contributed by atoms with van der Waals surface area (Å²) in [5, 5.41) is 5.43. The molecule has 0 aliphatic heterocycles. The average molecular weight is 308 g/mol. The quantitative estimate of drug-likeness (QED) is 0.662. The van der Waals surface area contributed by atoms with Gasteiger partial charge in [0.05, 0.1) is 13.2 Å². The first-order chi connectivity index (χ1) is 10.5. The zero-order valence-corrected chi connectivity index (χ0v) is 13.4. The van der Waals surface area contributed by atoms with Gasteiger partial charge in [-0.3, -0.25) is 9.59 Å². The van der Waals surface area contributed by atoms with Gasteiger partial charge in [-0.1, -0.05) is 6.07 Å². The van der Waals surface area contributed by atoms with Crippen LogP contribution in [0.4, 0.5) is 0 Å². The van der Waals surface area contributed by atoms with Gasteiger partial charge in [-0.2, -0.15) is 0 Å². The summed E-state index contributed by atoms with van der Waals surface area (Å²) in [6, 6.07) is 5.57. The van der Waals surface area contributed by atoms with E-state index in [1.807, 2.05) is 26.0 Å². The number of methoxy groups -OCH3 is 1. The minimum atomic E-state index is -0.212. The molecule has 2 amide bonds. The van der Waals surface area contributed by atoms with Gasteiger partial charge in [0.2, 0.25) is 5.91 Å². The van der Waals surface area contributed by atoms with Crippen molar-refractivity contribution in [2.75, 3.05) is 40.0 Å². The Morgan fingerprint density at radius 2 is 1.77 bits per heavy atom. The Balaban J connectivity index is 2.19.